The highest BCUT2D eigenvalue weighted by Gasteiger charge is 2.05. The van der Waals surface area contributed by atoms with Gasteiger partial charge in [-0.3, -0.25) is 9.59 Å². The molecule has 0 bridgehead atoms. The largest absolute Gasteiger partial charge is 0.508 e. The molecule has 130 valence electrons. The number of carbonyl (C=O) groups excluding carboxylic acids is 2. The molecule has 0 spiro atoms. The number of allylic oxidation sites excluding steroid dienone is 4. The van der Waals surface area contributed by atoms with Crippen molar-refractivity contribution in [3.8, 4) is 5.75 Å². The average molecular weight is 329 g/mol. The van der Waals surface area contributed by atoms with Crippen molar-refractivity contribution in [1.82, 2.24) is 0 Å². The van der Waals surface area contributed by atoms with Gasteiger partial charge in [0, 0.05) is 18.8 Å². The first-order chi connectivity index (χ1) is 11.6. The van der Waals surface area contributed by atoms with Gasteiger partial charge in [-0.05, 0) is 61.4 Å². The predicted octanol–water partition coefficient (Wildman–Crippen LogP) is 4.05. The summed E-state index contributed by atoms with van der Waals surface area (Å²) in [6.45, 7) is 6.66. The van der Waals surface area contributed by atoms with Gasteiger partial charge in [0.25, 0.3) is 0 Å². The van der Waals surface area contributed by atoms with Crippen LogP contribution in [0.15, 0.2) is 48.6 Å². The van der Waals surface area contributed by atoms with Crippen molar-refractivity contribution in [1.29, 1.82) is 0 Å². The van der Waals surface area contributed by atoms with E-state index in [1.807, 2.05) is 12.1 Å². The number of benzene rings is 1. The number of unbranched alkanes of at least 4 members (excludes halogenated alkanes) is 2. The maximum absolute atomic E-state index is 10.3. The molecule has 0 fully saturated rings. The Balaban J connectivity index is 0.000000300. The van der Waals surface area contributed by atoms with E-state index in [0.29, 0.717) is 5.75 Å². The van der Waals surface area contributed by atoms with Gasteiger partial charge in [0.15, 0.2) is 11.6 Å². The van der Waals surface area contributed by atoms with E-state index in [1.54, 1.807) is 12.1 Å². The molecule has 1 aromatic carbocycles. The average Bonchev–Trinajstić information content (AvgIpc) is 2.59. The summed E-state index contributed by atoms with van der Waals surface area (Å²) in [5, 5.41) is 9.27. The fraction of sp³-hybridized carbons (Fsp3) is 0.400. The van der Waals surface area contributed by atoms with E-state index >= 15 is 0 Å². The molecule has 1 aromatic rings. The zero-order valence-corrected chi connectivity index (χ0v) is 14.6. The molecule has 0 atom stereocenters. The van der Waals surface area contributed by atoms with Crippen molar-refractivity contribution in [2.24, 2.45) is 0 Å². The molecular formula is C20H27NO3. The standard InChI is InChI=1S/C14H23NO.C6H4O2/c1-3-5-11-15(12-6-4-2)13-7-9-14(16)10-8-13;7-5-1-2-6(8)4-3-5/h7-10,16H,3-6,11-12H2,1-2H3;1-4H. The lowest BCUT2D eigenvalue weighted by molar-refractivity contribution is -0.113. The number of anilines is 1. The Bertz CT molecular complexity index is 527. The Morgan fingerprint density at radius 2 is 1.21 bits per heavy atom. The summed E-state index contributed by atoms with van der Waals surface area (Å²) in [6.07, 6.45) is 9.91. The highest BCUT2D eigenvalue weighted by Crippen LogP contribution is 2.19. The minimum Gasteiger partial charge on any atom is -0.508 e. The number of hydrogen-bond acceptors (Lipinski definition) is 4. The van der Waals surface area contributed by atoms with Crippen LogP contribution in [-0.4, -0.2) is 29.8 Å². The van der Waals surface area contributed by atoms with Crippen LogP contribution in [0.5, 0.6) is 5.75 Å². The fourth-order valence-corrected chi connectivity index (χ4v) is 2.17. The molecule has 4 heteroatoms. The van der Waals surface area contributed by atoms with Gasteiger partial charge in [-0.15, -0.1) is 0 Å². The van der Waals surface area contributed by atoms with Crippen molar-refractivity contribution in [2.75, 3.05) is 18.0 Å². The Hall–Kier alpha value is -2.36. The van der Waals surface area contributed by atoms with Crippen LogP contribution in [0.1, 0.15) is 39.5 Å². The number of aromatic hydroxyl groups is 1. The third-order valence-corrected chi connectivity index (χ3v) is 3.60. The van der Waals surface area contributed by atoms with E-state index in [0.717, 1.165) is 13.1 Å². The second kappa shape index (κ2) is 11.2. The van der Waals surface area contributed by atoms with Crippen LogP contribution in [0.3, 0.4) is 0 Å². The third-order valence-electron chi connectivity index (χ3n) is 3.60. The number of phenols is 1. The molecule has 0 amide bonds. The minimum atomic E-state index is -0.121. The Kier molecular flexibility index (Phi) is 9.20. The number of nitrogens with zero attached hydrogens (tertiary/aromatic N) is 1. The maximum atomic E-state index is 10.3. The van der Waals surface area contributed by atoms with Crippen LogP contribution in [0.2, 0.25) is 0 Å². The minimum absolute atomic E-state index is 0.121. The van der Waals surface area contributed by atoms with E-state index in [9.17, 15) is 14.7 Å². The van der Waals surface area contributed by atoms with Crippen LogP contribution in [0.25, 0.3) is 0 Å². The fourth-order valence-electron chi connectivity index (χ4n) is 2.17. The summed E-state index contributed by atoms with van der Waals surface area (Å²) in [5.41, 5.74) is 1.22. The van der Waals surface area contributed by atoms with Gasteiger partial charge in [0.05, 0.1) is 0 Å². The second-order valence-corrected chi connectivity index (χ2v) is 5.68. The van der Waals surface area contributed by atoms with Crippen LogP contribution in [-0.2, 0) is 9.59 Å². The molecule has 1 N–H and O–H groups in total. The van der Waals surface area contributed by atoms with Crippen molar-refractivity contribution in [3.63, 3.8) is 0 Å². The summed E-state index contributed by atoms with van der Waals surface area (Å²) >= 11 is 0. The summed E-state index contributed by atoms with van der Waals surface area (Å²) in [6, 6.07) is 7.53. The molecule has 1 aliphatic carbocycles. The van der Waals surface area contributed by atoms with Crippen molar-refractivity contribution >= 4 is 17.3 Å². The van der Waals surface area contributed by atoms with Crippen LogP contribution >= 0.6 is 0 Å². The van der Waals surface area contributed by atoms with Gasteiger partial charge < -0.3 is 10.0 Å². The number of carbonyl (C=O) groups is 2. The predicted molar refractivity (Wildman–Crippen MR) is 98.4 cm³/mol. The zero-order valence-electron chi connectivity index (χ0n) is 14.6. The topological polar surface area (TPSA) is 57.6 Å². The van der Waals surface area contributed by atoms with Gasteiger partial charge in [0.2, 0.25) is 0 Å². The molecular weight excluding hydrogens is 302 g/mol. The first-order valence-corrected chi connectivity index (χ1v) is 8.54. The lowest BCUT2D eigenvalue weighted by Crippen LogP contribution is -2.25. The summed E-state index contributed by atoms with van der Waals surface area (Å²) in [7, 11) is 0. The molecule has 1 aliphatic rings. The number of phenolic OH excluding ortho intramolecular Hbond substituents is 1. The molecule has 0 saturated heterocycles. The van der Waals surface area contributed by atoms with Gasteiger partial charge >= 0.3 is 0 Å². The van der Waals surface area contributed by atoms with Crippen LogP contribution < -0.4 is 4.90 Å². The zero-order chi connectivity index (χ0) is 17.8. The number of ketones is 2. The van der Waals surface area contributed by atoms with Gasteiger partial charge in [0.1, 0.15) is 5.75 Å². The molecule has 0 saturated carbocycles. The quantitative estimate of drug-likeness (QED) is 0.767. The number of rotatable bonds is 7. The molecule has 0 unspecified atom stereocenters. The van der Waals surface area contributed by atoms with Crippen molar-refractivity contribution < 1.29 is 14.7 Å². The van der Waals surface area contributed by atoms with E-state index in [4.69, 9.17) is 0 Å². The highest BCUT2D eigenvalue weighted by atomic mass is 16.3. The summed E-state index contributed by atoms with van der Waals surface area (Å²) < 4.78 is 0. The molecule has 24 heavy (non-hydrogen) atoms. The normalized spacial score (nSPS) is 12.8. The van der Waals surface area contributed by atoms with E-state index in [2.05, 4.69) is 18.7 Å². The molecule has 0 aliphatic heterocycles. The van der Waals surface area contributed by atoms with Gasteiger partial charge in [-0.2, -0.15) is 0 Å². The van der Waals surface area contributed by atoms with E-state index in [1.165, 1.54) is 55.7 Å². The Morgan fingerprint density at radius 1 is 0.792 bits per heavy atom. The molecule has 4 nitrogen and oxygen atoms in total. The van der Waals surface area contributed by atoms with E-state index < -0.39 is 0 Å². The molecule has 0 radical (unpaired) electrons. The third kappa shape index (κ3) is 7.77. The van der Waals surface area contributed by atoms with E-state index in [-0.39, 0.29) is 11.6 Å². The molecule has 2 rings (SSSR count). The van der Waals surface area contributed by atoms with Crippen molar-refractivity contribution in [3.05, 3.63) is 48.6 Å². The maximum Gasteiger partial charge on any atom is 0.178 e. The Morgan fingerprint density at radius 3 is 1.58 bits per heavy atom. The SMILES string of the molecule is CCCCN(CCCC)c1ccc(O)cc1.O=C1C=CC(=O)C=C1. The van der Waals surface area contributed by atoms with Gasteiger partial charge in [-0.25, -0.2) is 0 Å². The first-order valence-electron chi connectivity index (χ1n) is 8.54. The summed E-state index contributed by atoms with van der Waals surface area (Å²) in [4.78, 5) is 23.0. The molecule has 0 heterocycles. The van der Waals surface area contributed by atoms with Crippen molar-refractivity contribution in [2.45, 2.75) is 39.5 Å². The highest BCUT2D eigenvalue weighted by molar-refractivity contribution is 6.14. The van der Waals surface area contributed by atoms with Gasteiger partial charge in [-0.1, -0.05) is 26.7 Å². The second-order valence-electron chi connectivity index (χ2n) is 5.68. The number of hydrogen-bond donors (Lipinski definition) is 1. The summed E-state index contributed by atoms with van der Waals surface area (Å²) in [5.74, 6) is 0.101. The smallest absolute Gasteiger partial charge is 0.178 e. The first kappa shape index (κ1) is 19.7. The monoisotopic (exact) mass is 329 g/mol. The Labute approximate surface area is 144 Å². The van der Waals surface area contributed by atoms with Crippen LogP contribution in [0, 0.1) is 0 Å². The molecule has 0 aromatic heterocycles. The van der Waals surface area contributed by atoms with Crippen LogP contribution in [0.4, 0.5) is 5.69 Å². The lowest BCUT2D eigenvalue weighted by atomic mass is 10.2. The lowest BCUT2D eigenvalue weighted by Gasteiger charge is -2.24.